The first kappa shape index (κ1) is 23.6. The summed E-state index contributed by atoms with van der Waals surface area (Å²) >= 11 is 6.10. The smallest absolute Gasteiger partial charge is 0.273 e. The number of aliphatic hydroxyl groups excluding tert-OH is 1. The number of aliphatic hydroxyl groups is 1. The van der Waals surface area contributed by atoms with Crippen LogP contribution in [0.5, 0.6) is 0 Å². The number of rotatable bonds is 7. The topological polar surface area (TPSA) is 137 Å². The molecule has 10 nitrogen and oxygen atoms in total. The lowest BCUT2D eigenvalue weighted by Crippen LogP contribution is -2.43. The Labute approximate surface area is 217 Å². The van der Waals surface area contributed by atoms with Gasteiger partial charge in [-0.05, 0) is 66.5 Å². The van der Waals surface area contributed by atoms with E-state index in [2.05, 4.69) is 26.7 Å². The molecule has 2 amide bonds. The fraction of sp³-hybridized carbons (Fsp3) is 0.385. The maximum Gasteiger partial charge on any atom is 0.273 e. The fourth-order valence-corrected chi connectivity index (χ4v) is 5.51. The van der Waals surface area contributed by atoms with Crippen molar-refractivity contribution in [3.8, 4) is 6.07 Å². The van der Waals surface area contributed by atoms with Gasteiger partial charge in [0.25, 0.3) is 5.91 Å². The minimum Gasteiger partial charge on any atom is -0.394 e. The number of nitriles is 1. The number of fused-ring (bicyclic) bond motifs is 1. The molecule has 3 aromatic rings. The Balaban J connectivity index is 1.08. The van der Waals surface area contributed by atoms with E-state index in [0.29, 0.717) is 47.3 Å². The zero-order valence-corrected chi connectivity index (χ0v) is 20.5. The third-order valence-electron chi connectivity index (χ3n) is 7.64. The number of carbonyl (C=O) groups is 2. The van der Waals surface area contributed by atoms with Gasteiger partial charge in [0.1, 0.15) is 11.9 Å². The molecule has 1 aromatic carbocycles. The number of nitrogens with one attached hydrogen (secondary N) is 1. The molecular weight excluding hydrogens is 494 g/mol. The van der Waals surface area contributed by atoms with E-state index < -0.39 is 6.04 Å². The first-order chi connectivity index (χ1) is 17.9. The molecule has 1 saturated heterocycles. The number of anilines is 1. The summed E-state index contributed by atoms with van der Waals surface area (Å²) in [5.41, 5.74) is 2.34. The molecule has 3 aliphatic rings. The standard InChI is InChI=1S/C26H24ClN7O3/c27-18-3-1-14(9-28)20(8-18)16-5-19(6-16)30-25(36)22-12-34(32-31-22)23(13-35)15-2-4-24(29-10-15)33-11-17-7-21(17)26(33)37/h1-4,8,10,12,16-17,19,21,23,35H,5-7,11,13H2,(H,30,36)/t16?,17-,19?,21-,23+/m1/s1. The summed E-state index contributed by atoms with van der Waals surface area (Å²) in [6.07, 6.45) is 5.51. The van der Waals surface area contributed by atoms with Crippen molar-refractivity contribution < 1.29 is 14.7 Å². The Kier molecular flexibility index (Phi) is 5.89. The number of hydrogen-bond donors (Lipinski definition) is 2. The molecule has 2 saturated carbocycles. The van der Waals surface area contributed by atoms with Gasteiger partial charge in [0, 0.05) is 29.7 Å². The molecule has 3 heterocycles. The molecule has 2 N–H and O–H groups in total. The average molecular weight is 518 g/mol. The molecule has 37 heavy (non-hydrogen) atoms. The summed E-state index contributed by atoms with van der Waals surface area (Å²) < 4.78 is 1.44. The Morgan fingerprint density at radius 2 is 2.11 bits per heavy atom. The van der Waals surface area contributed by atoms with Gasteiger partial charge in [-0.1, -0.05) is 22.9 Å². The van der Waals surface area contributed by atoms with Gasteiger partial charge in [-0.25, -0.2) is 9.67 Å². The van der Waals surface area contributed by atoms with Crippen LogP contribution in [0, 0.1) is 23.2 Å². The molecule has 1 aliphatic heterocycles. The van der Waals surface area contributed by atoms with Crippen LogP contribution in [-0.4, -0.2) is 56.1 Å². The van der Waals surface area contributed by atoms with Crippen LogP contribution in [0.25, 0.3) is 0 Å². The van der Waals surface area contributed by atoms with E-state index in [1.807, 2.05) is 12.1 Å². The lowest BCUT2D eigenvalue weighted by atomic mass is 9.74. The monoisotopic (exact) mass is 517 g/mol. The third kappa shape index (κ3) is 4.34. The number of nitrogens with zero attached hydrogens (tertiary/aromatic N) is 6. The second kappa shape index (κ2) is 9.25. The van der Waals surface area contributed by atoms with Gasteiger partial charge in [-0.2, -0.15) is 5.26 Å². The highest BCUT2D eigenvalue weighted by atomic mass is 35.5. The molecule has 0 unspecified atom stereocenters. The summed E-state index contributed by atoms with van der Waals surface area (Å²) in [4.78, 5) is 31.2. The van der Waals surface area contributed by atoms with Gasteiger partial charge in [-0.3, -0.25) is 14.5 Å². The van der Waals surface area contributed by atoms with Gasteiger partial charge < -0.3 is 10.4 Å². The summed E-state index contributed by atoms with van der Waals surface area (Å²) in [5, 5.41) is 31.0. The van der Waals surface area contributed by atoms with Crippen molar-refractivity contribution in [3.05, 3.63) is 70.1 Å². The fourth-order valence-electron chi connectivity index (χ4n) is 5.33. The molecule has 6 rings (SSSR count). The number of amides is 2. The quantitative estimate of drug-likeness (QED) is 0.491. The van der Waals surface area contributed by atoms with Gasteiger partial charge in [-0.15, -0.1) is 5.10 Å². The van der Waals surface area contributed by atoms with Gasteiger partial charge in [0.2, 0.25) is 5.91 Å². The molecule has 2 aliphatic carbocycles. The van der Waals surface area contributed by atoms with Gasteiger partial charge >= 0.3 is 0 Å². The van der Waals surface area contributed by atoms with E-state index in [-0.39, 0.29) is 42.0 Å². The summed E-state index contributed by atoms with van der Waals surface area (Å²) in [6.45, 7) is 0.449. The Bertz CT molecular complexity index is 1410. The molecule has 0 bridgehead atoms. The van der Waals surface area contributed by atoms with Gasteiger partial charge in [0.05, 0.1) is 24.4 Å². The van der Waals surface area contributed by atoms with Crippen molar-refractivity contribution in [2.75, 3.05) is 18.1 Å². The molecule has 3 atom stereocenters. The van der Waals surface area contributed by atoms with E-state index in [1.165, 1.54) is 10.9 Å². The van der Waals surface area contributed by atoms with Crippen molar-refractivity contribution in [2.24, 2.45) is 11.8 Å². The van der Waals surface area contributed by atoms with Crippen molar-refractivity contribution in [1.82, 2.24) is 25.3 Å². The van der Waals surface area contributed by atoms with Crippen LogP contribution >= 0.6 is 11.6 Å². The van der Waals surface area contributed by atoms with E-state index >= 15 is 0 Å². The van der Waals surface area contributed by atoms with Crippen LogP contribution in [0.3, 0.4) is 0 Å². The molecule has 2 aromatic heterocycles. The molecule has 11 heteroatoms. The van der Waals surface area contributed by atoms with Crippen LogP contribution in [0.1, 0.15) is 58.4 Å². The van der Waals surface area contributed by atoms with Crippen molar-refractivity contribution in [1.29, 1.82) is 5.26 Å². The highest BCUT2D eigenvalue weighted by Crippen LogP contribution is 2.47. The first-order valence-electron chi connectivity index (χ1n) is 12.3. The van der Waals surface area contributed by atoms with Crippen LogP contribution in [0.4, 0.5) is 5.82 Å². The summed E-state index contributed by atoms with van der Waals surface area (Å²) in [6, 6.07) is 10.4. The maximum absolute atomic E-state index is 12.8. The lowest BCUT2D eigenvalue weighted by molar-refractivity contribution is -0.118. The van der Waals surface area contributed by atoms with E-state index in [9.17, 15) is 20.0 Å². The number of aromatic nitrogens is 4. The number of piperidine rings is 1. The van der Waals surface area contributed by atoms with E-state index in [4.69, 9.17) is 11.6 Å². The number of halogens is 1. The van der Waals surface area contributed by atoms with E-state index in [1.54, 1.807) is 29.3 Å². The highest BCUT2D eigenvalue weighted by molar-refractivity contribution is 6.30. The first-order valence-corrected chi connectivity index (χ1v) is 12.6. The third-order valence-corrected chi connectivity index (χ3v) is 7.87. The number of hydrogen-bond acceptors (Lipinski definition) is 7. The number of benzene rings is 1. The highest BCUT2D eigenvalue weighted by Gasteiger charge is 2.52. The van der Waals surface area contributed by atoms with Crippen LogP contribution in [0.15, 0.2) is 42.7 Å². The van der Waals surface area contributed by atoms with Crippen LogP contribution < -0.4 is 10.2 Å². The van der Waals surface area contributed by atoms with Gasteiger partial charge in [0.15, 0.2) is 5.69 Å². The van der Waals surface area contributed by atoms with Crippen LogP contribution in [0.2, 0.25) is 5.02 Å². The Morgan fingerprint density at radius 3 is 2.78 bits per heavy atom. The average Bonchev–Trinajstić information content (AvgIpc) is 3.35. The molecule has 0 radical (unpaired) electrons. The van der Waals surface area contributed by atoms with Crippen molar-refractivity contribution in [3.63, 3.8) is 0 Å². The summed E-state index contributed by atoms with van der Waals surface area (Å²) in [7, 11) is 0. The second-order valence-electron chi connectivity index (χ2n) is 9.97. The zero-order chi connectivity index (χ0) is 25.7. The Hall–Kier alpha value is -3.81. The predicted molar refractivity (Wildman–Crippen MR) is 133 cm³/mol. The largest absolute Gasteiger partial charge is 0.394 e. The SMILES string of the molecule is N#Cc1ccc(Cl)cc1C1CC(NC(=O)c2cn([C@@H](CO)c3ccc(N4C[C@H]5C[C@H]5C4=O)nc3)nn2)C1. The van der Waals surface area contributed by atoms with Crippen molar-refractivity contribution >= 4 is 29.2 Å². The minimum absolute atomic E-state index is 0.0436. The maximum atomic E-state index is 12.8. The second-order valence-corrected chi connectivity index (χ2v) is 10.4. The van der Waals surface area contributed by atoms with E-state index in [0.717, 1.165) is 12.0 Å². The molecule has 0 spiro atoms. The zero-order valence-electron chi connectivity index (χ0n) is 19.8. The Morgan fingerprint density at radius 1 is 1.27 bits per heavy atom. The normalized spacial score (nSPS) is 24.7. The minimum atomic E-state index is -0.571. The molecule has 188 valence electrons. The molecular formula is C26H24ClN7O3. The predicted octanol–water partition coefficient (Wildman–Crippen LogP) is 2.44. The summed E-state index contributed by atoms with van der Waals surface area (Å²) in [5.74, 6) is 1.16. The van der Waals surface area contributed by atoms with Crippen molar-refractivity contribution in [2.45, 2.75) is 37.3 Å². The number of carbonyl (C=O) groups excluding carboxylic acids is 2. The van der Waals surface area contributed by atoms with Crippen LogP contribution in [-0.2, 0) is 4.79 Å². The lowest BCUT2D eigenvalue weighted by Gasteiger charge is -2.36. The number of pyridine rings is 1. The molecule has 3 fully saturated rings.